The predicted molar refractivity (Wildman–Crippen MR) is 84.9 cm³/mol. The number of hydrogen-bond acceptors (Lipinski definition) is 3. The number of nitriles is 1. The van der Waals surface area contributed by atoms with Crippen molar-refractivity contribution in [2.75, 3.05) is 10.6 Å². The average Bonchev–Trinajstić information content (AvgIpc) is 2.60. The molecule has 11 heteroatoms. The van der Waals surface area contributed by atoms with Crippen molar-refractivity contribution in [3.8, 4) is 6.07 Å². The summed E-state index contributed by atoms with van der Waals surface area (Å²) in [7, 11) is 0. The van der Waals surface area contributed by atoms with Crippen LogP contribution in [0.25, 0.3) is 0 Å². The number of halogens is 6. The summed E-state index contributed by atoms with van der Waals surface area (Å²) in [5.41, 5.74) is -4.20. The van der Waals surface area contributed by atoms with Crippen molar-refractivity contribution in [1.82, 2.24) is 0 Å². The van der Waals surface area contributed by atoms with Crippen molar-refractivity contribution >= 4 is 23.2 Å². The first-order valence-electron chi connectivity index (χ1n) is 7.33. The first kappa shape index (κ1) is 20.8. The van der Waals surface area contributed by atoms with Gasteiger partial charge in [0.05, 0.1) is 22.4 Å². The van der Waals surface area contributed by atoms with Crippen molar-refractivity contribution in [2.45, 2.75) is 12.4 Å². The number of amides is 2. The van der Waals surface area contributed by atoms with Crippen molar-refractivity contribution in [3.05, 3.63) is 59.2 Å². The zero-order valence-electron chi connectivity index (χ0n) is 13.6. The second-order valence-corrected chi connectivity index (χ2v) is 5.36. The lowest BCUT2D eigenvalue weighted by atomic mass is 10.1. The average molecular weight is 401 g/mol. The van der Waals surface area contributed by atoms with Gasteiger partial charge in [0, 0.05) is 5.69 Å². The molecule has 0 aliphatic rings. The minimum absolute atomic E-state index is 0.00192. The SMILES string of the molecule is N#Cc1ccccc1NC(=O)C(=O)Nc1cc(C(F)(F)F)cc(C(F)(F)F)c1. The van der Waals surface area contributed by atoms with Crippen LogP contribution in [-0.2, 0) is 21.9 Å². The van der Waals surface area contributed by atoms with E-state index in [1.54, 1.807) is 11.4 Å². The normalized spacial score (nSPS) is 11.5. The molecule has 0 bridgehead atoms. The summed E-state index contributed by atoms with van der Waals surface area (Å²) in [6, 6.07) is 7.70. The molecule has 0 heterocycles. The molecule has 0 saturated heterocycles. The fourth-order valence-electron chi connectivity index (χ4n) is 2.08. The van der Waals surface area contributed by atoms with E-state index in [4.69, 9.17) is 5.26 Å². The van der Waals surface area contributed by atoms with Gasteiger partial charge in [0.25, 0.3) is 0 Å². The van der Waals surface area contributed by atoms with Gasteiger partial charge in [-0.1, -0.05) is 12.1 Å². The number of anilines is 2. The van der Waals surface area contributed by atoms with Gasteiger partial charge < -0.3 is 10.6 Å². The fraction of sp³-hybridized carbons (Fsp3) is 0.118. The quantitative estimate of drug-likeness (QED) is 0.585. The Morgan fingerprint density at radius 3 is 1.82 bits per heavy atom. The Kier molecular flexibility index (Phi) is 5.63. The van der Waals surface area contributed by atoms with Crippen LogP contribution in [-0.4, -0.2) is 11.8 Å². The van der Waals surface area contributed by atoms with E-state index < -0.39 is 41.0 Å². The summed E-state index contributed by atoms with van der Waals surface area (Å²) in [5, 5.41) is 12.6. The lowest BCUT2D eigenvalue weighted by Crippen LogP contribution is -2.29. The highest BCUT2D eigenvalue weighted by molar-refractivity contribution is 6.43. The molecule has 0 fully saturated rings. The van der Waals surface area contributed by atoms with Crippen LogP contribution >= 0.6 is 0 Å². The number of benzene rings is 2. The third-order valence-corrected chi connectivity index (χ3v) is 3.35. The van der Waals surface area contributed by atoms with Crippen LogP contribution in [0.4, 0.5) is 37.7 Å². The lowest BCUT2D eigenvalue weighted by Gasteiger charge is -2.14. The van der Waals surface area contributed by atoms with Crippen LogP contribution in [0, 0.1) is 11.3 Å². The minimum Gasteiger partial charge on any atom is -0.318 e. The number of rotatable bonds is 2. The van der Waals surface area contributed by atoms with Gasteiger partial charge in [0.15, 0.2) is 0 Å². The molecular formula is C17H9F6N3O2. The molecule has 2 aromatic rings. The number of alkyl halides is 6. The first-order chi connectivity index (χ1) is 12.9. The lowest BCUT2D eigenvalue weighted by molar-refractivity contribution is -0.143. The number of para-hydroxylation sites is 1. The van der Waals surface area contributed by atoms with E-state index in [1.807, 2.05) is 0 Å². The van der Waals surface area contributed by atoms with Crippen molar-refractivity contribution in [3.63, 3.8) is 0 Å². The molecule has 2 amide bonds. The van der Waals surface area contributed by atoms with Crippen LogP contribution < -0.4 is 10.6 Å². The highest BCUT2D eigenvalue weighted by Crippen LogP contribution is 2.37. The Morgan fingerprint density at radius 2 is 1.32 bits per heavy atom. The minimum atomic E-state index is -5.10. The molecule has 28 heavy (non-hydrogen) atoms. The summed E-state index contributed by atoms with van der Waals surface area (Å²) in [6.07, 6.45) is -10.2. The zero-order valence-corrected chi connectivity index (χ0v) is 13.6. The topological polar surface area (TPSA) is 82.0 Å². The van der Waals surface area contributed by atoms with Crippen molar-refractivity contribution < 1.29 is 35.9 Å². The van der Waals surface area contributed by atoms with Crippen LogP contribution in [0.3, 0.4) is 0 Å². The van der Waals surface area contributed by atoms with Crippen LogP contribution in [0.2, 0.25) is 0 Å². The predicted octanol–water partition coefficient (Wildman–Crippen LogP) is 4.17. The highest BCUT2D eigenvalue weighted by Gasteiger charge is 2.37. The van der Waals surface area contributed by atoms with Crippen LogP contribution in [0.5, 0.6) is 0 Å². The Labute approximate surface area is 153 Å². The number of nitrogens with one attached hydrogen (secondary N) is 2. The smallest absolute Gasteiger partial charge is 0.318 e. The van der Waals surface area contributed by atoms with E-state index in [0.717, 1.165) is 0 Å². The fourth-order valence-corrected chi connectivity index (χ4v) is 2.08. The molecule has 0 aliphatic carbocycles. The van der Waals surface area contributed by atoms with E-state index in [9.17, 15) is 35.9 Å². The van der Waals surface area contributed by atoms with Gasteiger partial charge in [0.2, 0.25) is 0 Å². The molecule has 0 saturated carbocycles. The molecule has 0 radical (unpaired) electrons. The number of hydrogen-bond donors (Lipinski definition) is 2. The van der Waals surface area contributed by atoms with Gasteiger partial charge >= 0.3 is 24.2 Å². The van der Waals surface area contributed by atoms with Gasteiger partial charge in [-0.05, 0) is 30.3 Å². The van der Waals surface area contributed by atoms with Crippen molar-refractivity contribution in [1.29, 1.82) is 5.26 Å². The Hall–Kier alpha value is -3.55. The van der Waals surface area contributed by atoms with Crippen LogP contribution in [0.1, 0.15) is 16.7 Å². The Balaban J connectivity index is 2.27. The summed E-state index contributed by atoms with van der Waals surface area (Å²) >= 11 is 0. The molecular weight excluding hydrogens is 392 g/mol. The molecule has 0 unspecified atom stereocenters. The third kappa shape index (κ3) is 5.00. The second-order valence-electron chi connectivity index (χ2n) is 5.36. The molecule has 2 N–H and O–H groups in total. The largest absolute Gasteiger partial charge is 0.416 e. The molecule has 2 aromatic carbocycles. The van der Waals surface area contributed by atoms with E-state index in [0.29, 0.717) is 0 Å². The van der Waals surface area contributed by atoms with E-state index in [-0.39, 0.29) is 29.4 Å². The number of carbonyl (C=O) groups is 2. The molecule has 5 nitrogen and oxygen atoms in total. The first-order valence-corrected chi connectivity index (χ1v) is 7.33. The summed E-state index contributed by atoms with van der Waals surface area (Å²) < 4.78 is 76.9. The summed E-state index contributed by atoms with van der Waals surface area (Å²) in [6.45, 7) is 0. The van der Waals surface area contributed by atoms with E-state index in [2.05, 4.69) is 5.32 Å². The van der Waals surface area contributed by atoms with Gasteiger partial charge in [0.1, 0.15) is 6.07 Å². The molecule has 0 aromatic heterocycles. The van der Waals surface area contributed by atoms with Crippen LogP contribution in [0.15, 0.2) is 42.5 Å². The van der Waals surface area contributed by atoms with Gasteiger partial charge in [-0.25, -0.2) is 0 Å². The number of nitrogens with zero attached hydrogens (tertiary/aromatic N) is 1. The molecule has 0 aliphatic heterocycles. The standard InChI is InChI=1S/C17H9F6N3O2/c18-16(19,20)10-5-11(17(21,22)23)7-12(6-10)25-14(27)15(28)26-13-4-2-1-3-9(13)8-24/h1-7H,(H,25,27)(H,26,28). The maximum Gasteiger partial charge on any atom is 0.416 e. The van der Waals surface area contributed by atoms with Gasteiger partial charge in [-0.2, -0.15) is 31.6 Å². The van der Waals surface area contributed by atoms with Gasteiger partial charge in [-0.3, -0.25) is 9.59 Å². The van der Waals surface area contributed by atoms with E-state index >= 15 is 0 Å². The zero-order chi connectivity index (χ0) is 21.1. The maximum atomic E-state index is 12.8. The van der Waals surface area contributed by atoms with Crippen molar-refractivity contribution in [2.24, 2.45) is 0 Å². The second kappa shape index (κ2) is 7.59. The molecule has 0 atom stereocenters. The number of carbonyl (C=O) groups excluding carboxylic acids is 2. The van der Waals surface area contributed by atoms with E-state index in [1.165, 1.54) is 24.3 Å². The molecule has 0 spiro atoms. The summed E-state index contributed by atoms with van der Waals surface area (Å²) in [5.74, 6) is -2.89. The molecule has 146 valence electrons. The maximum absolute atomic E-state index is 12.8. The Morgan fingerprint density at radius 1 is 0.821 bits per heavy atom. The summed E-state index contributed by atoms with van der Waals surface area (Å²) in [4.78, 5) is 23.7. The Bertz CT molecular complexity index is 928. The van der Waals surface area contributed by atoms with Gasteiger partial charge in [-0.15, -0.1) is 0 Å². The molecule has 2 rings (SSSR count). The monoisotopic (exact) mass is 401 g/mol. The third-order valence-electron chi connectivity index (χ3n) is 3.35. The highest BCUT2D eigenvalue weighted by atomic mass is 19.4.